The topological polar surface area (TPSA) is 177 Å². The van der Waals surface area contributed by atoms with Gasteiger partial charge < -0.3 is 25.0 Å². The quantitative estimate of drug-likeness (QED) is 0.112. The summed E-state index contributed by atoms with van der Waals surface area (Å²) in [5.74, 6) is -1.03. The number of anilines is 1. The number of thioether (sulfide) groups is 1. The molecule has 0 aliphatic rings. The van der Waals surface area contributed by atoms with E-state index in [4.69, 9.17) is 9.26 Å². The van der Waals surface area contributed by atoms with Gasteiger partial charge in [-0.1, -0.05) is 65.8 Å². The van der Waals surface area contributed by atoms with Crippen molar-refractivity contribution < 1.29 is 32.4 Å². The van der Waals surface area contributed by atoms with E-state index >= 15 is 0 Å². The number of aliphatic hydroxyl groups excluding tert-OH is 1. The van der Waals surface area contributed by atoms with Crippen molar-refractivity contribution in [3.63, 3.8) is 0 Å². The Labute approximate surface area is 308 Å². The molecular weight excluding hydrogens is 725 g/mol. The van der Waals surface area contributed by atoms with Crippen molar-refractivity contribution in [1.82, 2.24) is 24.7 Å². The number of carbonyl (C=O) groups excluding carboxylic acids is 2. The summed E-state index contributed by atoms with van der Waals surface area (Å²) in [4.78, 5) is 35.9. The number of methoxy groups -OCH3 is 1. The molecule has 0 fully saturated rings. The minimum atomic E-state index is -4.14. The summed E-state index contributed by atoms with van der Waals surface area (Å²) in [6, 6.07) is 23.1. The molecule has 2 amide bonds. The van der Waals surface area contributed by atoms with Crippen molar-refractivity contribution in [3.05, 3.63) is 132 Å². The summed E-state index contributed by atoms with van der Waals surface area (Å²) in [6.45, 7) is -0.617. The van der Waals surface area contributed by atoms with Gasteiger partial charge in [0.15, 0.2) is 0 Å². The molecule has 0 aliphatic heterocycles. The number of thiazole rings is 1. The maximum Gasteiger partial charge on any atom is 0.407 e. The fourth-order valence-corrected chi connectivity index (χ4v) is 9.22. The summed E-state index contributed by atoms with van der Waals surface area (Å²) in [5.41, 5.74) is 4.73. The second-order valence-corrected chi connectivity index (χ2v) is 15.3. The third-order valence-electron chi connectivity index (χ3n) is 8.21. The van der Waals surface area contributed by atoms with E-state index in [1.807, 2.05) is 60.7 Å². The van der Waals surface area contributed by atoms with Crippen molar-refractivity contribution in [2.75, 3.05) is 24.8 Å². The number of amides is 2. The SMILES string of the molecule is COC(=O)N[C@H](C(=O)Nc1cnccc1SC[C@@H](CO)N(Cc1cnoc1)S(=O)(=O)c1ccc2ncsc2c1)C(c1ccccc1)c1ccccc1. The molecule has 2 atom stereocenters. The normalized spacial score (nSPS) is 12.8. The number of nitrogens with zero attached hydrogens (tertiary/aromatic N) is 4. The summed E-state index contributed by atoms with van der Waals surface area (Å²) >= 11 is 2.55. The molecule has 3 N–H and O–H groups in total. The molecule has 0 unspecified atom stereocenters. The Bertz CT molecular complexity index is 2160. The van der Waals surface area contributed by atoms with E-state index in [2.05, 4.69) is 25.8 Å². The molecule has 0 saturated carbocycles. The average Bonchev–Trinajstić information content (AvgIpc) is 3.88. The van der Waals surface area contributed by atoms with Crippen LogP contribution in [0.15, 0.2) is 130 Å². The Hall–Kier alpha value is -5.13. The molecule has 3 heterocycles. The van der Waals surface area contributed by atoms with Crippen molar-refractivity contribution >= 4 is 61.0 Å². The van der Waals surface area contributed by atoms with Crippen molar-refractivity contribution in [1.29, 1.82) is 0 Å². The molecule has 0 saturated heterocycles. The van der Waals surface area contributed by atoms with Gasteiger partial charge >= 0.3 is 6.09 Å². The van der Waals surface area contributed by atoms with Crippen molar-refractivity contribution in [3.8, 4) is 0 Å². The number of sulfonamides is 1. The lowest BCUT2D eigenvalue weighted by Gasteiger charge is -2.29. The first-order valence-corrected chi connectivity index (χ1v) is 19.2. The van der Waals surface area contributed by atoms with E-state index in [0.717, 1.165) is 11.1 Å². The minimum absolute atomic E-state index is 0.0524. The molecular formula is C36H34N6O7S3. The van der Waals surface area contributed by atoms with Crippen LogP contribution in [0.1, 0.15) is 22.6 Å². The summed E-state index contributed by atoms with van der Waals surface area (Å²) < 4.78 is 40.1. The fourth-order valence-electron chi connectivity index (χ4n) is 5.64. The van der Waals surface area contributed by atoms with Gasteiger partial charge in [-0.25, -0.2) is 18.2 Å². The number of hydrogen-bond donors (Lipinski definition) is 3. The Balaban J connectivity index is 1.27. The number of benzene rings is 3. The molecule has 52 heavy (non-hydrogen) atoms. The number of pyridine rings is 1. The molecule has 3 aromatic carbocycles. The monoisotopic (exact) mass is 758 g/mol. The lowest BCUT2D eigenvalue weighted by atomic mass is 9.84. The van der Waals surface area contributed by atoms with Gasteiger partial charge in [-0.2, -0.15) is 4.31 Å². The fraction of sp³-hybridized carbons (Fsp3) is 0.194. The zero-order chi connectivity index (χ0) is 36.5. The van der Waals surface area contributed by atoms with Crippen LogP contribution >= 0.6 is 23.1 Å². The highest BCUT2D eigenvalue weighted by Crippen LogP contribution is 2.33. The number of aromatic nitrogens is 3. The Morgan fingerprint density at radius 1 is 1.02 bits per heavy atom. The van der Waals surface area contributed by atoms with Gasteiger partial charge in [0.05, 0.1) is 58.5 Å². The maximum absolute atomic E-state index is 14.2. The number of fused-ring (bicyclic) bond motifs is 1. The number of ether oxygens (including phenoxy) is 1. The molecule has 6 aromatic rings. The first kappa shape index (κ1) is 36.7. The Morgan fingerprint density at radius 3 is 2.40 bits per heavy atom. The molecule has 0 spiro atoms. The Morgan fingerprint density at radius 2 is 1.75 bits per heavy atom. The molecule has 268 valence electrons. The van der Waals surface area contributed by atoms with Gasteiger partial charge in [-0.3, -0.25) is 9.78 Å². The molecule has 3 aromatic heterocycles. The second-order valence-electron chi connectivity index (χ2n) is 11.5. The van der Waals surface area contributed by atoms with E-state index in [1.165, 1.54) is 59.2 Å². The lowest BCUT2D eigenvalue weighted by Crippen LogP contribution is -2.48. The van der Waals surface area contributed by atoms with Gasteiger partial charge in [0.2, 0.25) is 15.9 Å². The zero-order valence-electron chi connectivity index (χ0n) is 27.7. The van der Waals surface area contributed by atoms with Crippen LogP contribution in [-0.4, -0.2) is 76.5 Å². The van der Waals surface area contributed by atoms with Gasteiger partial charge in [-0.15, -0.1) is 23.1 Å². The number of alkyl carbamates (subject to hydrolysis) is 1. The van der Waals surface area contributed by atoms with Crippen LogP contribution in [0.25, 0.3) is 10.2 Å². The van der Waals surface area contributed by atoms with Crippen LogP contribution in [0.4, 0.5) is 10.5 Å². The molecule has 13 nitrogen and oxygen atoms in total. The molecule has 6 rings (SSSR count). The Kier molecular flexibility index (Phi) is 11.9. The van der Waals surface area contributed by atoms with E-state index in [9.17, 15) is 23.1 Å². The van der Waals surface area contributed by atoms with E-state index in [0.29, 0.717) is 26.4 Å². The van der Waals surface area contributed by atoms with Gasteiger partial charge in [-0.05, 0) is 35.4 Å². The first-order chi connectivity index (χ1) is 25.3. The number of carbonyl (C=O) groups is 2. The van der Waals surface area contributed by atoms with Crippen LogP contribution in [-0.2, 0) is 26.1 Å². The molecule has 0 radical (unpaired) electrons. The van der Waals surface area contributed by atoms with E-state index in [1.54, 1.807) is 29.9 Å². The molecule has 0 aliphatic carbocycles. The third kappa shape index (κ3) is 8.49. The zero-order valence-corrected chi connectivity index (χ0v) is 30.2. The number of rotatable bonds is 15. The van der Waals surface area contributed by atoms with Crippen molar-refractivity contribution in [2.24, 2.45) is 0 Å². The van der Waals surface area contributed by atoms with Gasteiger partial charge in [0, 0.05) is 34.9 Å². The predicted octanol–water partition coefficient (Wildman–Crippen LogP) is 5.52. The van der Waals surface area contributed by atoms with Gasteiger partial charge in [0.1, 0.15) is 12.3 Å². The standard InChI is InChI=1S/C36H34N6O7S3/c1-48-36(45)41-34(33(25-8-4-2-5-9-25)26-10-6-3-7-11-26)35(44)40-30-18-37-15-14-31(30)50-22-27(20-43)42(19-24-17-39-49-21-24)52(46,47)28-12-13-29-32(16-28)51-23-38-29/h2-18,21,23,27,33-34,43H,19-20,22H2,1H3,(H,40,44)(H,41,45)/t27-,34+/m1/s1. The highest BCUT2D eigenvalue weighted by atomic mass is 32.2. The molecule has 0 bridgehead atoms. The first-order valence-electron chi connectivity index (χ1n) is 15.9. The van der Waals surface area contributed by atoms with Crippen LogP contribution < -0.4 is 10.6 Å². The maximum atomic E-state index is 14.2. The van der Waals surface area contributed by atoms with Crippen molar-refractivity contribution in [2.45, 2.75) is 34.3 Å². The van der Waals surface area contributed by atoms with E-state index in [-0.39, 0.29) is 17.2 Å². The highest BCUT2D eigenvalue weighted by Gasteiger charge is 2.35. The average molecular weight is 759 g/mol. The predicted molar refractivity (Wildman–Crippen MR) is 197 cm³/mol. The highest BCUT2D eigenvalue weighted by molar-refractivity contribution is 7.99. The number of hydrogen-bond acceptors (Lipinski definition) is 12. The van der Waals surface area contributed by atoms with Gasteiger partial charge in [0.25, 0.3) is 0 Å². The van der Waals surface area contributed by atoms with Crippen LogP contribution in [0, 0.1) is 0 Å². The lowest BCUT2D eigenvalue weighted by molar-refractivity contribution is -0.118. The summed E-state index contributed by atoms with van der Waals surface area (Å²) in [6.07, 6.45) is 5.00. The summed E-state index contributed by atoms with van der Waals surface area (Å²) in [7, 11) is -2.92. The second kappa shape index (κ2) is 16.9. The molecule has 16 heteroatoms. The van der Waals surface area contributed by atoms with Crippen LogP contribution in [0.5, 0.6) is 0 Å². The van der Waals surface area contributed by atoms with E-state index < -0.39 is 46.6 Å². The van der Waals surface area contributed by atoms with Crippen LogP contribution in [0.3, 0.4) is 0 Å². The summed E-state index contributed by atoms with van der Waals surface area (Å²) in [5, 5.41) is 20.0. The number of nitrogens with one attached hydrogen (secondary N) is 2. The van der Waals surface area contributed by atoms with Crippen LogP contribution in [0.2, 0.25) is 0 Å². The third-order valence-corrected chi connectivity index (χ3v) is 12.1. The number of aliphatic hydroxyl groups is 1. The minimum Gasteiger partial charge on any atom is -0.453 e. The largest absolute Gasteiger partial charge is 0.453 e. The smallest absolute Gasteiger partial charge is 0.407 e.